The molecule has 0 amide bonds. The van der Waals surface area contributed by atoms with Gasteiger partial charge in [0.25, 0.3) is 0 Å². The summed E-state index contributed by atoms with van der Waals surface area (Å²) in [6.07, 6.45) is 6.73. The molecule has 0 spiro atoms. The van der Waals surface area contributed by atoms with E-state index < -0.39 is 0 Å². The largest absolute Gasteiger partial charge is 0.330 e. The van der Waals surface area contributed by atoms with E-state index in [0.717, 1.165) is 10.5 Å². The first-order valence-electron chi connectivity index (χ1n) is 5.04. The van der Waals surface area contributed by atoms with E-state index in [-0.39, 0.29) is 0 Å². The number of rotatable bonds is 7. The quantitative estimate of drug-likeness (QED) is 0.562. The lowest BCUT2D eigenvalue weighted by Gasteiger charge is -2.12. The van der Waals surface area contributed by atoms with Crippen LogP contribution in [0.5, 0.6) is 0 Å². The number of halogens is 1. The molecule has 2 N–H and O–H groups in total. The van der Waals surface area contributed by atoms with Crippen molar-refractivity contribution in [1.82, 2.24) is 0 Å². The number of unbranched alkanes of at least 4 members (excludes halogenated alkanes) is 1. The predicted octanol–water partition coefficient (Wildman–Crippen LogP) is 3.36. The molecule has 0 heterocycles. The van der Waals surface area contributed by atoms with Crippen LogP contribution in [0.4, 0.5) is 0 Å². The number of nitrogens with two attached hydrogens (primary N) is 1. The summed E-state index contributed by atoms with van der Waals surface area (Å²) in [6.45, 7) is 5.34. The average molecular weight is 283 g/mol. The van der Waals surface area contributed by atoms with Gasteiger partial charge in [0, 0.05) is 3.92 Å². The van der Waals surface area contributed by atoms with Gasteiger partial charge in [0.1, 0.15) is 0 Å². The van der Waals surface area contributed by atoms with Gasteiger partial charge in [-0.05, 0) is 31.7 Å². The van der Waals surface area contributed by atoms with Gasteiger partial charge >= 0.3 is 0 Å². The normalized spacial score (nSPS) is 16.0. The van der Waals surface area contributed by atoms with E-state index in [1.807, 2.05) is 0 Å². The molecular formula is C10H22IN. The van der Waals surface area contributed by atoms with Crippen molar-refractivity contribution in [1.29, 1.82) is 0 Å². The summed E-state index contributed by atoms with van der Waals surface area (Å²) in [5.74, 6) is 0.712. The minimum absolute atomic E-state index is 0.712. The minimum Gasteiger partial charge on any atom is -0.330 e. The molecule has 0 saturated carbocycles. The van der Waals surface area contributed by atoms with Crippen LogP contribution in [0.15, 0.2) is 0 Å². The van der Waals surface area contributed by atoms with Gasteiger partial charge in [0.05, 0.1) is 0 Å². The zero-order valence-electron chi connectivity index (χ0n) is 8.35. The molecule has 0 bridgehead atoms. The Morgan fingerprint density at radius 2 is 1.92 bits per heavy atom. The summed E-state index contributed by atoms with van der Waals surface area (Å²) in [4.78, 5) is 0. The van der Waals surface area contributed by atoms with Crippen molar-refractivity contribution in [2.75, 3.05) is 6.54 Å². The monoisotopic (exact) mass is 283 g/mol. The van der Waals surface area contributed by atoms with E-state index in [2.05, 4.69) is 36.4 Å². The van der Waals surface area contributed by atoms with Crippen LogP contribution in [0.25, 0.3) is 0 Å². The first kappa shape index (κ1) is 12.7. The number of hydrogen-bond acceptors (Lipinski definition) is 1. The Kier molecular flexibility index (Phi) is 8.77. The van der Waals surface area contributed by atoms with Gasteiger partial charge in [0.15, 0.2) is 0 Å². The van der Waals surface area contributed by atoms with Crippen molar-refractivity contribution >= 4 is 22.6 Å². The van der Waals surface area contributed by atoms with Gasteiger partial charge < -0.3 is 5.73 Å². The molecule has 0 aromatic carbocycles. The smallest absolute Gasteiger partial charge is 0.0110 e. The van der Waals surface area contributed by atoms with Gasteiger partial charge in [-0.2, -0.15) is 0 Å². The van der Waals surface area contributed by atoms with Crippen LogP contribution >= 0.6 is 22.6 Å². The molecule has 0 aromatic rings. The minimum atomic E-state index is 0.712. The van der Waals surface area contributed by atoms with Crippen LogP contribution in [0.2, 0.25) is 0 Å². The van der Waals surface area contributed by atoms with E-state index >= 15 is 0 Å². The van der Waals surface area contributed by atoms with E-state index in [0.29, 0.717) is 5.92 Å². The highest BCUT2D eigenvalue weighted by atomic mass is 127. The molecule has 0 rings (SSSR count). The van der Waals surface area contributed by atoms with E-state index in [9.17, 15) is 0 Å². The summed E-state index contributed by atoms with van der Waals surface area (Å²) in [6, 6.07) is 0. The van der Waals surface area contributed by atoms with Gasteiger partial charge in [-0.3, -0.25) is 0 Å². The Bertz CT molecular complexity index is 95.8. The van der Waals surface area contributed by atoms with Crippen molar-refractivity contribution in [3.8, 4) is 0 Å². The average Bonchev–Trinajstić information content (AvgIpc) is 2.10. The van der Waals surface area contributed by atoms with Gasteiger partial charge in [-0.25, -0.2) is 0 Å². The van der Waals surface area contributed by atoms with Gasteiger partial charge in [-0.1, -0.05) is 49.3 Å². The summed E-state index contributed by atoms with van der Waals surface area (Å²) in [5.41, 5.74) is 5.56. The Morgan fingerprint density at radius 3 is 2.42 bits per heavy atom. The van der Waals surface area contributed by atoms with Crippen LogP contribution in [-0.4, -0.2) is 10.5 Å². The maximum absolute atomic E-state index is 5.56. The Hall–Kier alpha value is 0.690. The van der Waals surface area contributed by atoms with E-state index in [1.165, 1.54) is 32.1 Å². The Balaban J connectivity index is 3.24. The summed E-state index contributed by atoms with van der Waals surface area (Å²) < 4.78 is 0.872. The lowest BCUT2D eigenvalue weighted by Crippen LogP contribution is -2.12. The number of hydrogen-bond donors (Lipinski definition) is 1. The predicted molar refractivity (Wildman–Crippen MR) is 64.8 cm³/mol. The molecule has 0 saturated heterocycles. The fraction of sp³-hybridized carbons (Fsp3) is 1.00. The Labute approximate surface area is 90.6 Å². The van der Waals surface area contributed by atoms with Crippen molar-refractivity contribution < 1.29 is 0 Å². The molecule has 12 heavy (non-hydrogen) atoms. The van der Waals surface area contributed by atoms with Crippen molar-refractivity contribution in [3.63, 3.8) is 0 Å². The van der Waals surface area contributed by atoms with Gasteiger partial charge in [-0.15, -0.1) is 0 Å². The highest BCUT2D eigenvalue weighted by molar-refractivity contribution is 14.1. The molecule has 0 fully saturated rings. The van der Waals surface area contributed by atoms with Crippen LogP contribution in [0.3, 0.4) is 0 Å². The molecule has 0 aliphatic heterocycles. The molecule has 2 heteroatoms. The fourth-order valence-electron chi connectivity index (χ4n) is 1.15. The first-order valence-corrected chi connectivity index (χ1v) is 6.29. The maximum Gasteiger partial charge on any atom is 0.0110 e. The van der Waals surface area contributed by atoms with Crippen molar-refractivity contribution in [3.05, 3.63) is 0 Å². The summed E-state index contributed by atoms with van der Waals surface area (Å²) in [7, 11) is 0. The Morgan fingerprint density at radius 1 is 1.25 bits per heavy atom. The maximum atomic E-state index is 5.56. The van der Waals surface area contributed by atoms with Crippen LogP contribution in [-0.2, 0) is 0 Å². The molecule has 1 nitrogen and oxygen atoms in total. The van der Waals surface area contributed by atoms with Crippen LogP contribution < -0.4 is 5.73 Å². The third kappa shape index (κ3) is 7.35. The first-order chi connectivity index (χ1) is 5.70. The standard InChI is InChI=1S/C10H22IN/c1-3-4-5-10(11)7-6-9(2)8-12/h9-10H,3-8,12H2,1-2H3. The number of alkyl halides is 1. The lowest BCUT2D eigenvalue weighted by molar-refractivity contribution is 0.506. The van der Waals surface area contributed by atoms with E-state index in [4.69, 9.17) is 5.73 Å². The second-order valence-electron chi connectivity index (χ2n) is 3.66. The third-order valence-corrected chi connectivity index (χ3v) is 3.49. The zero-order valence-corrected chi connectivity index (χ0v) is 10.5. The SMILES string of the molecule is CCCCC(I)CCC(C)CN. The highest BCUT2D eigenvalue weighted by Crippen LogP contribution is 2.18. The topological polar surface area (TPSA) is 26.0 Å². The molecule has 0 aromatic heterocycles. The summed E-state index contributed by atoms with van der Waals surface area (Å²) >= 11 is 2.57. The second kappa shape index (κ2) is 8.30. The van der Waals surface area contributed by atoms with Crippen LogP contribution in [0, 0.1) is 5.92 Å². The molecule has 0 radical (unpaired) electrons. The lowest BCUT2D eigenvalue weighted by atomic mass is 10.0. The highest BCUT2D eigenvalue weighted by Gasteiger charge is 2.05. The molecule has 2 atom stereocenters. The molecule has 74 valence electrons. The van der Waals surface area contributed by atoms with E-state index in [1.54, 1.807) is 0 Å². The molecule has 0 aliphatic rings. The fourth-order valence-corrected chi connectivity index (χ4v) is 1.95. The van der Waals surface area contributed by atoms with Gasteiger partial charge in [0.2, 0.25) is 0 Å². The second-order valence-corrected chi connectivity index (χ2v) is 5.42. The molecular weight excluding hydrogens is 261 g/mol. The third-order valence-electron chi connectivity index (χ3n) is 2.25. The molecule has 0 aliphatic carbocycles. The van der Waals surface area contributed by atoms with Crippen molar-refractivity contribution in [2.45, 2.75) is 49.9 Å². The molecule has 2 unspecified atom stereocenters. The van der Waals surface area contributed by atoms with Crippen molar-refractivity contribution in [2.24, 2.45) is 11.7 Å². The van der Waals surface area contributed by atoms with Crippen LogP contribution in [0.1, 0.15) is 46.0 Å². The zero-order chi connectivity index (χ0) is 9.40. The summed E-state index contributed by atoms with van der Waals surface area (Å²) in [5, 5.41) is 0.